The van der Waals surface area contributed by atoms with Gasteiger partial charge in [-0.05, 0) is 30.3 Å². The number of carbonyl (C=O) groups excluding carboxylic acids is 1. The van der Waals surface area contributed by atoms with E-state index in [-0.39, 0.29) is 5.91 Å². The summed E-state index contributed by atoms with van der Waals surface area (Å²) in [5.41, 5.74) is 6.83. The fraction of sp³-hybridized carbons (Fsp3) is 0.188. The average molecular weight is 349 g/mol. The highest BCUT2D eigenvalue weighted by molar-refractivity contribution is 9.10. The van der Waals surface area contributed by atoms with E-state index < -0.39 is 0 Å². The van der Waals surface area contributed by atoms with Crippen LogP contribution in [0.15, 0.2) is 53.0 Å². The number of ether oxygens (including phenoxy) is 1. The molecule has 2 aromatic rings. The van der Waals surface area contributed by atoms with Crippen LogP contribution in [-0.4, -0.2) is 31.0 Å². The zero-order chi connectivity index (χ0) is 15.2. The molecule has 0 aliphatic heterocycles. The summed E-state index contributed by atoms with van der Waals surface area (Å²) in [6.45, 7) is 0.923. The van der Waals surface area contributed by atoms with Crippen LogP contribution in [0.3, 0.4) is 0 Å². The zero-order valence-electron chi connectivity index (χ0n) is 11.8. The largest absolute Gasteiger partial charge is 0.492 e. The van der Waals surface area contributed by atoms with Crippen molar-refractivity contribution in [3.8, 4) is 5.75 Å². The van der Waals surface area contributed by atoms with Gasteiger partial charge in [0.25, 0.3) is 5.91 Å². The smallest absolute Gasteiger partial charge is 0.255 e. The highest BCUT2D eigenvalue weighted by atomic mass is 79.9. The topological polar surface area (TPSA) is 55.6 Å². The van der Waals surface area contributed by atoms with Gasteiger partial charge in [-0.2, -0.15) is 0 Å². The number of halogens is 1. The Labute approximate surface area is 132 Å². The summed E-state index contributed by atoms with van der Waals surface area (Å²) in [4.78, 5) is 13.9. The van der Waals surface area contributed by atoms with Crippen LogP contribution < -0.4 is 10.5 Å². The van der Waals surface area contributed by atoms with E-state index in [1.165, 1.54) is 0 Å². The summed E-state index contributed by atoms with van der Waals surface area (Å²) < 4.78 is 6.43. The number of anilines is 1. The normalized spacial score (nSPS) is 10.2. The molecule has 0 saturated carbocycles. The quantitative estimate of drug-likeness (QED) is 0.844. The van der Waals surface area contributed by atoms with E-state index in [0.29, 0.717) is 24.4 Å². The molecule has 0 radical (unpaired) electrons. The monoisotopic (exact) mass is 348 g/mol. The Kier molecular flexibility index (Phi) is 5.22. The van der Waals surface area contributed by atoms with Crippen LogP contribution in [0.5, 0.6) is 5.75 Å². The third-order valence-electron chi connectivity index (χ3n) is 3.03. The lowest BCUT2D eigenvalue weighted by atomic mass is 10.1. The third-order valence-corrected chi connectivity index (χ3v) is 3.52. The minimum atomic E-state index is -0.114. The molecule has 110 valence electrons. The minimum absolute atomic E-state index is 0.114. The average Bonchev–Trinajstić information content (AvgIpc) is 2.47. The van der Waals surface area contributed by atoms with Crippen LogP contribution in [0, 0.1) is 0 Å². The number of nitrogens with zero attached hydrogens (tertiary/aromatic N) is 1. The second kappa shape index (κ2) is 7.13. The highest BCUT2D eigenvalue weighted by Gasteiger charge is 2.14. The first-order chi connectivity index (χ1) is 10.1. The van der Waals surface area contributed by atoms with Crippen molar-refractivity contribution in [3.63, 3.8) is 0 Å². The van der Waals surface area contributed by atoms with Crippen LogP contribution >= 0.6 is 15.9 Å². The molecular weight excluding hydrogens is 332 g/mol. The first-order valence-corrected chi connectivity index (χ1v) is 7.35. The molecule has 0 heterocycles. The molecule has 2 N–H and O–H groups in total. The number of hydrogen-bond donors (Lipinski definition) is 1. The molecule has 21 heavy (non-hydrogen) atoms. The van der Waals surface area contributed by atoms with Crippen LogP contribution in [0.1, 0.15) is 10.4 Å². The van der Waals surface area contributed by atoms with Gasteiger partial charge in [-0.15, -0.1) is 0 Å². The summed E-state index contributed by atoms with van der Waals surface area (Å²) in [5, 5.41) is 0. The third kappa shape index (κ3) is 4.23. The number of hydrogen-bond acceptors (Lipinski definition) is 3. The number of carbonyl (C=O) groups is 1. The Hall–Kier alpha value is -2.01. The van der Waals surface area contributed by atoms with Gasteiger partial charge in [0.2, 0.25) is 0 Å². The maximum Gasteiger partial charge on any atom is 0.255 e. The molecular formula is C16H17BrN2O2. The number of likely N-dealkylation sites (N-methyl/N-ethyl adjacent to an activating group) is 1. The van der Waals surface area contributed by atoms with Crippen molar-refractivity contribution in [2.24, 2.45) is 0 Å². The predicted octanol–water partition coefficient (Wildman–Crippen LogP) is 3.18. The van der Waals surface area contributed by atoms with E-state index in [1.807, 2.05) is 30.3 Å². The van der Waals surface area contributed by atoms with E-state index >= 15 is 0 Å². The highest BCUT2D eigenvalue weighted by Crippen LogP contribution is 2.19. The lowest BCUT2D eigenvalue weighted by Gasteiger charge is -2.18. The zero-order valence-corrected chi connectivity index (χ0v) is 13.3. The molecule has 1 amide bonds. The van der Waals surface area contributed by atoms with Crippen molar-refractivity contribution in [1.29, 1.82) is 0 Å². The molecule has 2 aromatic carbocycles. The van der Waals surface area contributed by atoms with Crippen molar-refractivity contribution in [2.75, 3.05) is 25.9 Å². The number of nitrogens with two attached hydrogens (primary N) is 1. The summed E-state index contributed by atoms with van der Waals surface area (Å²) in [7, 11) is 1.73. The van der Waals surface area contributed by atoms with Crippen molar-refractivity contribution in [1.82, 2.24) is 4.90 Å². The van der Waals surface area contributed by atoms with Gasteiger partial charge >= 0.3 is 0 Å². The predicted molar refractivity (Wildman–Crippen MR) is 87.5 cm³/mol. The van der Waals surface area contributed by atoms with Gasteiger partial charge in [-0.3, -0.25) is 4.79 Å². The molecule has 0 saturated heterocycles. The molecule has 0 spiro atoms. The van der Waals surface area contributed by atoms with Crippen molar-refractivity contribution in [2.45, 2.75) is 0 Å². The molecule has 0 aliphatic carbocycles. The summed E-state index contributed by atoms with van der Waals surface area (Å²) in [6.07, 6.45) is 0. The molecule has 4 nitrogen and oxygen atoms in total. The van der Waals surface area contributed by atoms with Gasteiger partial charge in [0.1, 0.15) is 12.4 Å². The maximum absolute atomic E-state index is 12.3. The lowest BCUT2D eigenvalue weighted by molar-refractivity contribution is 0.0775. The van der Waals surface area contributed by atoms with E-state index in [0.717, 1.165) is 10.2 Å². The Bertz CT molecular complexity index is 617. The van der Waals surface area contributed by atoms with Crippen molar-refractivity contribution >= 4 is 27.5 Å². The maximum atomic E-state index is 12.3. The Balaban J connectivity index is 1.90. The summed E-state index contributed by atoms with van der Waals surface area (Å²) in [6, 6.07) is 14.8. The number of benzene rings is 2. The molecule has 0 atom stereocenters. The fourth-order valence-corrected chi connectivity index (χ4v) is 2.23. The number of amides is 1. The van der Waals surface area contributed by atoms with Gasteiger partial charge in [0, 0.05) is 17.2 Å². The molecule has 5 heteroatoms. The SMILES string of the molecule is CN(CCOc1ccccc1)C(=O)c1ccc(Br)cc1N. The minimum Gasteiger partial charge on any atom is -0.492 e. The Morgan fingerprint density at radius 3 is 2.62 bits per heavy atom. The summed E-state index contributed by atoms with van der Waals surface area (Å²) in [5.74, 6) is 0.679. The summed E-state index contributed by atoms with van der Waals surface area (Å²) >= 11 is 3.33. The number of rotatable bonds is 5. The fourth-order valence-electron chi connectivity index (χ4n) is 1.85. The second-order valence-electron chi connectivity index (χ2n) is 4.62. The van der Waals surface area contributed by atoms with E-state index in [1.54, 1.807) is 30.1 Å². The van der Waals surface area contributed by atoms with Crippen LogP contribution in [0.2, 0.25) is 0 Å². The van der Waals surface area contributed by atoms with E-state index in [4.69, 9.17) is 10.5 Å². The second-order valence-corrected chi connectivity index (χ2v) is 5.54. The van der Waals surface area contributed by atoms with Crippen molar-refractivity contribution in [3.05, 3.63) is 58.6 Å². The van der Waals surface area contributed by atoms with Gasteiger partial charge in [-0.1, -0.05) is 34.1 Å². The van der Waals surface area contributed by atoms with Gasteiger partial charge in [0.15, 0.2) is 0 Å². The van der Waals surface area contributed by atoms with Crippen molar-refractivity contribution < 1.29 is 9.53 Å². The Morgan fingerprint density at radius 1 is 1.24 bits per heavy atom. The molecule has 0 unspecified atom stereocenters. The van der Waals surface area contributed by atoms with Gasteiger partial charge < -0.3 is 15.4 Å². The van der Waals surface area contributed by atoms with Gasteiger partial charge in [-0.25, -0.2) is 0 Å². The van der Waals surface area contributed by atoms with E-state index in [9.17, 15) is 4.79 Å². The molecule has 0 aromatic heterocycles. The molecule has 0 fully saturated rings. The lowest BCUT2D eigenvalue weighted by Crippen LogP contribution is -2.31. The van der Waals surface area contributed by atoms with Crippen LogP contribution in [-0.2, 0) is 0 Å². The number of nitrogen functional groups attached to an aromatic ring is 1. The van der Waals surface area contributed by atoms with Gasteiger partial charge in [0.05, 0.1) is 12.1 Å². The molecule has 0 aliphatic rings. The molecule has 2 rings (SSSR count). The van der Waals surface area contributed by atoms with Crippen LogP contribution in [0.4, 0.5) is 5.69 Å². The first kappa shape index (κ1) is 15.4. The molecule has 0 bridgehead atoms. The van der Waals surface area contributed by atoms with E-state index in [2.05, 4.69) is 15.9 Å². The Morgan fingerprint density at radius 2 is 1.95 bits per heavy atom. The standard InChI is InChI=1S/C16H17BrN2O2/c1-19(9-10-21-13-5-3-2-4-6-13)16(20)14-8-7-12(17)11-15(14)18/h2-8,11H,9-10,18H2,1H3. The first-order valence-electron chi connectivity index (χ1n) is 6.56. The number of para-hydroxylation sites is 1. The van der Waals surface area contributed by atoms with Crippen LogP contribution in [0.25, 0.3) is 0 Å².